The summed E-state index contributed by atoms with van der Waals surface area (Å²) in [5.74, 6) is -1.02. The van der Waals surface area contributed by atoms with E-state index in [9.17, 15) is 14.4 Å². The largest absolute Gasteiger partial charge is 0.447 e. The fraction of sp³-hybridized carbons (Fsp3) is 0.200. The van der Waals surface area contributed by atoms with Crippen molar-refractivity contribution in [3.63, 3.8) is 0 Å². The quantitative estimate of drug-likeness (QED) is 0.503. The Hall–Kier alpha value is -2.13. The summed E-state index contributed by atoms with van der Waals surface area (Å²) in [6, 6.07) is 3.02. The van der Waals surface area contributed by atoms with E-state index in [0.717, 1.165) is 0 Å². The normalized spacial score (nSPS) is 14.7. The summed E-state index contributed by atoms with van der Waals surface area (Å²) in [6.45, 7) is 0. The molecule has 0 unspecified atom stereocenters. The van der Waals surface area contributed by atoms with Gasteiger partial charge in [-0.25, -0.2) is 4.79 Å². The lowest BCUT2D eigenvalue weighted by Crippen LogP contribution is -2.46. The van der Waals surface area contributed by atoms with Gasteiger partial charge in [0, 0.05) is 19.0 Å². The first-order valence-electron chi connectivity index (χ1n) is 5.22. The van der Waals surface area contributed by atoms with E-state index >= 15 is 0 Å². The van der Waals surface area contributed by atoms with Gasteiger partial charge in [-0.3, -0.25) is 14.6 Å². The molecule has 0 atom stereocenters. The van der Waals surface area contributed by atoms with Crippen LogP contribution in [0.4, 0.5) is 4.79 Å². The first-order valence-corrected chi connectivity index (χ1v) is 5.95. The molecule has 8 nitrogen and oxygen atoms in total. The Balaban J connectivity index is 2.11. The van der Waals surface area contributed by atoms with Gasteiger partial charge in [0.2, 0.25) is 11.8 Å². The Bertz CT molecular complexity index is 493. The molecular weight excluding hydrogens is 274 g/mol. The molecule has 19 heavy (non-hydrogen) atoms. The number of imide groups is 1. The Labute approximate surface area is 112 Å². The van der Waals surface area contributed by atoms with Crippen molar-refractivity contribution < 1.29 is 23.7 Å². The molecule has 0 aromatic carbocycles. The zero-order valence-corrected chi connectivity index (χ0v) is 10.4. The van der Waals surface area contributed by atoms with E-state index in [-0.39, 0.29) is 30.8 Å². The molecule has 1 N–H and O–H groups in total. The molecule has 0 spiro atoms. The molecule has 1 aromatic rings. The third-order valence-electron chi connectivity index (χ3n) is 2.28. The molecule has 9 heteroatoms. The van der Waals surface area contributed by atoms with Crippen LogP contribution in [0.1, 0.15) is 12.8 Å². The highest BCUT2D eigenvalue weighted by Crippen LogP contribution is 2.21. The lowest BCUT2D eigenvalue weighted by Gasteiger charge is -2.24. The highest BCUT2D eigenvalue weighted by molar-refractivity contribution is 7.91. The summed E-state index contributed by atoms with van der Waals surface area (Å²) >= 11 is -0.0753. The number of amides is 3. The zero-order valence-electron chi connectivity index (χ0n) is 9.55. The third-order valence-corrected chi connectivity index (χ3v) is 2.75. The van der Waals surface area contributed by atoms with Crippen molar-refractivity contribution in [3.05, 3.63) is 24.5 Å². The fourth-order valence-electron chi connectivity index (χ4n) is 1.47. The van der Waals surface area contributed by atoms with Crippen molar-refractivity contribution in [2.24, 2.45) is 0 Å². The van der Waals surface area contributed by atoms with Crippen molar-refractivity contribution in [1.82, 2.24) is 14.4 Å². The molecule has 3 amide bonds. The molecule has 1 aliphatic rings. The molecule has 1 saturated heterocycles. The molecule has 1 fully saturated rings. The maximum atomic E-state index is 11.8. The van der Waals surface area contributed by atoms with Gasteiger partial charge in [0.25, 0.3) is 0 Å². The number of rotatable bonds is 3. The first-order chi connectivity index (χ1) is 9.13. The van der Waals surface area contributed by atoms with Gasteiger partial charge in [0.1, 0.15) is 12.2 Å². The minimum atomic E-state index is -1.07. The minimum absolute atomic E-state index is 0.00390. The molecule has 100 valence electrons. The predicted octanol–water partition coefficient (Wildman–Crippen LogP) is 1.07. The Morgan fingerprint density at radius 2 is 2.11 bits per heavy atom. The molecule has 1 aromatic heterocycles. The average Bonchev–Trinajstić information content (AvgIpc) is 2.73. The monoisotopic (exact) mass is 283 g/mol. The van der Waals surface area contributed by atoms with E-state index in [0.29, 0.717) is 9.42 Å². The molecule has 0 aliphatic carbocycles. The second-order valence-corrected chi connectivity index (χ2v) is 4.02. The van der Waals surface area contributed by atoms with E-state index in [1.165, 1.54) is 18.5 Å². The van der Waals surface area contributed by atoms with Crippen LogP contribution in [0.25, 0.3) is 0 Å². The molecule has 2 rings (SSSR count). The number of hydrazine groups is 1. The van der Waals surface area contributed by atoms with Crippen molar-refractivity contribution in [3.8, 4) is 5.75 Å². The molecule has 0 bridgehead atoms. The summed E-state index contributed by atoms with van der Waals surface area (Å²) in [5.41, 5.74) is 0. The molecule has 0 saturated carbocycles. The number of nitrogens with zero attached hydrogens (tertiary/aromatic N) is 3. The summed E-state index contributed by atoms with van der Waals surface area (Å²) in [7, 11) is 0. The maximum absolute atomic E-state index is 11.8. The van der Waals surface area contributed by atoms with E-state index in [1.54, 1.807) is 6.07 Å². The van der Waals surface area contributed by atoms with E-state index in [4.69, 9.17) is 9.29 Å². The van der Waals surface area contributed by atoms with Gasteiger partial charge >= 0.3 is 6.09 Å². The van der Waals surface area contributed by atoms with Crippen LogP contribution in [0.3, 0.4) is 0 Å². The molecule has 2 heterocycles. The number of hydrogen-bond acceptors (Lipinski definition) is 7. The minimum Gasteiger partial charge on any atom is -0.407 e. The molecule has 1 aliphatic heterocycles. The third kappa shape index (κ3) is 2.83. The van der Waals surface area contributed by atoms with Crippen LogP contribution in [0.5, 0.6) is 5.75 Å². The van der Waals surface area contributed by atoms with Crippen molar-refractivity contribution in [2.75, 3.05) is 0 Å². The smallest absolute Gasteiger partial charge is 0.407 e. The summed E-state index contributed by atoms with van der Waals surface area (Å²) in [4.78, 5) is 38.4. The van der Waals surface area contributed by atoms with Crippen LogP contribution < -0.4 is 4.74 Å². The number of pyridine rings is 1. The molecular formula is C10H9N3O5S. The number of ether oxygens (including phenoxy) is 1. The zero-order chi connectivity index (χ0) is 13.8. The fourth-order valence-corrected chi connectivity index (χ4v) is 1.83. The van der Waals surface area contributed by atoms with Gasteiger partial charge in [-0.2, -0.15) is 5.01 Å². The SMILES string of the molecule is O=C(Oc1cccnc1)N(SO)N1C(=O)CCC1=O. The Morgan fingerprint density at radius 1 is 1.42 bits per heavy atom. The number of carbonyl (C=O) groups excluding carboxylic acids is 3. The topological polar surface area (TPSA) is 100 Å². The first kappa shape index (κ1) is 13.3. The van der Waals surface area contributed by atoms with Gasteiger partial charge in [-0.05, 0) is 12.1 Å². The summed E-state index contributed by atoms with van der Waals surface area (Å²) in [5, 5.41) is 0.559. The van der Waals surface area contributed by atoms with Crippen LogP contribution in [0.2, 0.25) is 0 Å². The lowest BCUT2D eigenvalue weighted by atomic mass is 10.4. The highest BCUT2D eigenvalue weighted by Gasteiger charge is 2.38. The van der Waals surface area contributed by atoms with E-state index in [2.05, 4.69) is 4.98 Å². The summed E-state index contributed by atoms with van der Waals surface area (Å²) in [6.07, 6.45) is 1.70. The number of aromatic nitrogens is 1. The summed E-state index contributed by atoms with van der Waals surface area (Å²) < 4.78 is 14.4. The van der Waals surface area contributed by atoms with Gasteiger partial charge in [-0.1, -0.05) is 0 Å². The average molecular weight is 283 g/mol. The van der Waals surface area contributed by atoms with Crippen molar-refractivity contribution >= 4 is 30.1 Å². The van der Waals surface area contributed by atoms with Gasteiger partial charge in [0.05, 0.1) is 6.20 Å². The predicted molar refractivity (Wildman–Crippen MR) is 63.4 cm³/mol. The maximum Gasteiger partial charge on any atom is 0.447 e. The Kier molecular flexibility index (Phi) is 3.97. The Morgan fingerprint density at radius 3 is 2.63 bits per heavy atom. The van der Waals surface area contributed by atoms with Crippen molar-refractivity contribution in [2.45, 2.75) is 12.8 Å². The van der Waals surface area contributed by atoms with E-state index < -0.39 is 17.9 Å². The van der Waals surface area contributed by atoms with E-state index in [1.807, 2.05) is 0 Å². The van der Waals surface area contributed by atoms with Crippen LogP contribution in [-0.2, 0) is 9.59 Å². The van der Waals surface area contributed by atoms with Gasteiger partial charge in [-0.15, -0.1) is 4.41 Å². The number of carbonyl (C=O) groups is 3. The standard InChI is InChI=1S/C10H9N3O5S/c14-8-3-4-9(15)12(8)13(19-17)10(16)18-7-2-1-5-11-6-7/h1-2,5-6,17H,3-4H2. The molecule has 0 radical (unpaired) electrons. The van der Waals surface area contributed by atoms with Crippen LogP contribution in [0.15, 0.2) is 24.5 Å². The second kappa shape index (κ2) is 5.67. The van der Waals surface area contributed by atoms with Crippen LogP contribution >= 0.6 is 12.2 Å². The highest BCUT2D eigenvalue weighted by atomic mass is 32.2. The van der Waals surface area contributed by atoms with Crippen LogP contribution in [0, 0.1) is 0 Å². The lowest BCUT2D eigenvalue weighted by molar-refractivity contribution is -0.147. The number of hydrogen-bond donors (Lipinski definition) is 1. The second-order valence-electron chi connectivity index (χ2n) is 3.51. The van der Waals surface area contributed by atoms with Gasteiger partial charge < -0.3 is 9.29 Å². The van der Waals surface area contributed by atoms with Gasteiger partial charge in [0.15, 0.2) is 5.75 Å². The van der Waals surface area contributed by atoms with Crippen LogP contribution in [-0.4, -0.2) is 36.9 Å². The van der Waals surface area contributed by atoms with Crippen molar-refractivity contribution in [1.29, 1.82) is 0 Å².